The lowest BCUT2D eigenvalue weighted by atomic mass is 9.99. The number of carbonyl (C=O) groups excluding carboxylic acids is 1. The van der Waals surface area contributed by atoms with Gasteiger partial charge in [0.05, 0.1) is 11.3 Å². The van der Waals surface area contributed by atoms with E-state index in [2.05, 4.69) is 11.4 Å². The number of anilines is 1. The molecular formula is C29H25N3OS. The maximum Gasteiger partial charge on any atom is 0.225 e. The number of pyridine rings is 1. The van der Waals surface area contributed by atoms with Crippen molar-refractivity contribution in [1.29, 1.82) is 5.26 Å². The fourth-order valence-electron chi connectivity index (χ4n) is 3.66. The van der Waals surface area contributed by atoms with Crippen LogP contribution in [0.1, 0.15) is 23.1 Å². The Hall–Kier alpha value is -3.88. The molecule has 4 aromatic rings. The smallest absolute Gasteiger partial charge is 0.225 e. The molecule has 0 radical (unpaired) electrons. The maximum absolute atomic E-state index is 12.6. The van der Waals surface area contributed by atoms with Crippen LogP contribution in [0.3, 0.4) is 0 Å². The van der Waals surface area contributed by atoms with E-state index in [0.717, 1.165) is 39.2 Å². The number of nitriles is 1. The number of hydrogen-bond acceptors (Lipinski definition) is 4. The lowest BCUT2D eigenvalue weighted by molar-refractivity contribution is -0.115. The first kappa shape index (κ1) is 23.3. The fraction of sp³-hybridized carbons (Fsp3) is 0.138. The van der Waals surface area contributed by atoms with Crippen LogP contribution in [0.4, 0.5) is 5.69 Å². The van der Waals surface area contributed by atoms with Crippen LogP contribution in [0.2, 0.25) is 0 Å². The highest BCUT2D eigenvalue weighted by molar-refractivity contribution is 7.99. The molecule has 0 fully saturated rings. The van der Waals surface area contributed by atoms with Crippen molar-refractivity contribution in [3.8, 4) is 28.5 Å². The van der Waals surface area contributed by atoms with Gasteiger partial charge in [0.2, 0.25) is 5.91 Å². The van der Waals surface area contributed by atoms with E-state index in [1.54, 1.807) is 0 Å². The molecule has 4 rings (SSSR count). The molecule has 1 N–H and O–H groups in total. The zero-order valence-electron chi connectivity index (χ0n) is 19.2. The molecule has 168 valence electrons. The third-order valence-corrected chi connectivity index (χ3v) is 6.46. The highest BCUT2D eigenvalue weighted by Crippen LogP contribution is 2.34. The van der Waals surface area contributed by atoms with Crippen LogP contribution in [0.25, 0.3) is 22.4 Å². The fourth-order valence-corrected chi connectivity index (χ4v) is 4.60. The molecule has 0 atom stereocenters. The summed E-state index contributed by atoms with van der Waals surface area (Å²) < 4.78 is 0. The second kappa shape index (κ2) is 10.8. The molecule has 0 aliphatic carbocycles. The lowest BCUT2D eigenvalue weighted by Gasteiger charge is -2.13. The Labute approximate surface area is 204 Å². The Morgan fingerprint density at radius 1 is 0.941 bits per heavy atom. The number of nitrogens with one attached hydrogen (secondary N) is 1. The van der Waals surface area contributed by atoms with Crippen molar-refractivity contribution < 1.29 is 4.79 Å². The highest BCUT2D eigenvalue weighted by atomic mass is 32.2. The number of hydrogen-bond donors (Lipinski definition) is 1. The molecule has 34 heavy (non-hydrogen) atoms. The minimum Gasteiger partial charge on any atom is -0.326 e. The first-order chi connectivity index (χ1) is 16.5. The van der Waals surface area contributed by atoms with Gasteiger partial charge in [-0.15, -0.1) is 11.8 Å². The van der Waals surface area contributed by atoms with Gasteiger partial charge in [-0.05, 0) is 42.7 Å². The average molecular weight is 464 g/mol. The molecule has 1 aromatic heterocycles. The monoisotopic (exact) mass is 463 g/mol. The first-order valence-electron chi connectivity index (χ1n) is 11.1. The van der Waals surface area contributed by atoms with Gasteiger partial charge >= 0.3 is 0 Å². The van der Waals surface area contributed by atoms with Gasteiger partial charge < -0.3 is 5.32 Å². The molecule has 1 heterocycles. The number of thioether (sulfide) groups is 1. The number of aryl methyl sites for hydroxylation is 2. The standard InChI is InChI=1S/C29H25N3OS/c1-20-13-14-21(2)26(17-20)31-28(33)15-16-34-29-25(19-30)24(22-9-5-3-6-10-22)18-27(32-29)23-11-7-4-8-12-23/h3-14,17-18H,15-16H2,1-2H3,(H,31,33). The number of aromatic nitrogens is 1. The summed E-state index contributed by atoms with van der Waals surface area (Å²) in [5.41, 5.74) is 7.11. The summed E-state index contributed by atoms with van der Waals surface area (Å²) in [7, 11) is 0. The topological polar surface area (TPSA) is 65.8 Å². The normalized spacial score (nSPS) is 10.5. The van der Waals surface area contributed by atoms with Gasteiger partial charge in [0.15, 0.2) is 0 Å². The molecule has 1 amide bonds. The SMILES string of the molecule is Cc1ccc(C)c(NC(=O)CCSc2nc(-c3ccccc3)cc(-c3ccccc3)c2C#N)c1. The number of carbonyl (C=O) groups is 1. The quantitative estimate of drug-likeness (QED) is 0.299. The lowest BCUT2D eigenvalue weighted by Crippen LogP contribution is -2.13. The molecule has 5 heteroatoms. The predicted molar refractivity (Wildman–Crippen MR) is 140 cm³/mol. The summed E-state index contributed by atoms with van der Waals surface area (Å²) in [5.74, 6) is 0.465. The minimum atomic E-state index is -0.0535. The van der Waals surface area contributed by atoms with Crippen LogP contribution in [-0.2, 0) is 4.79 Å². The molecule has 0 saturated heterocycles. The van der Waals surface area contributed by atoms with Gasteiger partial charge in [0.25, 0.3) is 0 Å². The number of nitrogens with zero attached hydrogens (tertiary/aromatic N) is 2. The predicted octanol–water partition coefficient (Wildman–Crippen LogP) is 7.03. The van der Waals surface area contributed by atoms with Gasteiger partial charge in [-0.2, -0.15) is 5.26 Å². The Kier molecular flexibility index (Phi) is 7.41. The maximum atomic E-state index is 12.6. The molecule has 0 spiro atoms. The second-order valence-corrected chi connectivity index (χ2v) is 9.13. The molecule has 4 nitrogen and oxygen atoms in total. The van der Waals surface area contributed by atoms with Gasteiger partial charge in [0, 0.05) is 29.0 Å². The van der Waals surface area contributed by atoms with Crippen molar-refractivity contribution in [2.45, 2.75) is 25.3 Å². The molecule has 0 unspecified atom stereocenters. The van der Waals surface area contributed by atoms with E-state index in [1.165, 1.54) is 11.8 Å². The van der Waals surface area contributed by atoms with Crippen molar-refractivity contribution in [3.05, 3.63) is 102 Å². The second-order valence-electron chi connectivity index (χ2n) is 8.04. The highest BCUT2D eigenvalue weighted by Gasteiger charge is 2.16. The first-order valence-corrected chi connectivity index (χ1v) is 12.1. The Morgan fingerprint density at radius 2 is 1.62 bits per heavy atom. The van der Waals surface area contributed by atoms with Crippen LogP contribution in [0, 0.1) is 25.2 Å². The summed E-state index contributed by atoms with van der Waals surface area (Å²) in [4.78, 5) is 17.4. The van der Waals surface area contributed by atoms with E-state index in [1.807, 2.05) is 98.8 Å². The molecule has 0 bridgehead atoms. The van der Waals surface area contributed by atoms with Crippen LogP contribution in [0.5, 0.6) is 0 Å². The Balaban J connectivity index is 1.58. The molecule has 0 aliphatic rings. The van der Waals surface area contributed by atoms with Crippen molar-refractivity contribution in [3.63, 3.8) is 0 Å². The minimum absolute atomic E-state index is 0.0535. The zero-order chi connectivity index (χ0) is 23.9. The molecular weight excluding hydrogens is 438 g/mol. The largest absolute Gasteiger partial charge is 0.326 e. The number of amides is 1. The van der Waals surface area contributed by atoms with Gasteiger partial charge in [-0.25, -0.2) is 4.98 Å². The van der Waals surface area contributed by atoms with E-state index in [0.29, 0.717) is 22.8 Å². The van der Waals surface area contributed by atoms with Crippen molar-refractivity contribution in [2.24, 2.45) is 0 Å². The molecule has 0 aliphatic heterocycles. The third-order valence-electron chi connectivity index (χ3n) is 5.49. The number of rotatable bonds is 7. The van der Waals surface area contributed by atoms with Crippen LogP contribution < -0.4 is 5.32 Å². The van der Waals surface area contributed by atoms with E-state index in [-0.39, 0.29) is 5.91 Å². The van der Waals surface area contributed by atoms with Gasteiger partial charge in [-0.3, -0.25) is 4.79 Å². The average Bonchev–Trinajstić information content (AvgIpc) is 2.87. The van der Waals surface area contributed by atoms with Crippen molar-refractivity contribution in [2.75, 3.05) is 11.1 Å². The van der Waals surface area contributed by atoms with Crippen LogP contribution >= 0.6 is 11.8 Å². The number of benzene rings is 3. The molecule has 0 saturated carbocycles. The summed E-state index contributed by atoms with van der Waals surface area (Å²) in [6.07, 6.45) is 0.320. The van der Waals surface area contributed by atoms with Crippen molar-refractivity contribution >= 4 is 23.4 Å². The zero-order valence-corrected chi connectivity index (χ0v) is 20.0. The van der Waals surface area contributed by atoms with Gasteiger partial charge in [0.1, 0.15) is 11.1 Å². The summed E-state index contributed by atoms with van der Waals surface area (Å²) in [6, 6.07) is 30.1. The third kappa shape index (κ3) is 5.54. The summed E-state index contributed by atoms with van der Waals surface area (Å²) in [6.45, 7) is 3.98. The van der Waals surface area contributed by atoms with E-state index in [4.69, 9.17) is 4.98 Å². The molecule has 3 aromatic carbocycles. The Bertz CT molecular complexity index is 1350. The van der Waals surface area contributed by atoms with E-state index in [9.17, 15) is 10.1 Å². The van der Waals surface area contributed by atoms with Crippen molar-refractivity contribution in [1.82, 2.24) is 4.98 Å². The summed E-state index contributed by atoms with van der Waals surface area (Å²) in [5, 5.41) is 13.6. The van der Waals surface area contributed by atoms with Crippen LogP contribution in [0.15, 0.2) is 90.0 Å². The Morgan fingerprint density at radius 3 is 2.29 bits per heavy atom. The van der Waals surface area contributed by atoms with E-state index >= 15 is 0 Å². The summed E-state index contributed by atoms with van der Waals surface area (Å²) >= 11 is 1.44. The van der Waals surface area contributed by atoms with Gasteiger partial charge in [-0.1, -0.05) is 72.8 Å². The van der Waals surface area contributed by atoms with Crippen LogP contribution in [-0.4, -0.2) is 16.6 Å². The van der Waals surface area contributed by atoms with E-state index < -0.39 is 0 Å².